The first kappa shape index (κ1) is 25.4. The van der Waals surface area contributed by atoms with Crippen LogP contribution < -0.4 is 10.6 Å². The van der Waals surface area contributed by atoms with E-state index in [0.29, 0.717) is 19.5 Å². The van der Waals surface area contributed by atoms with E-state index in [1.54, 1.807) is 0 Å². The first-order chi connectivity index (χ1) is 12.7. The van der Waals surface area contributed by atoms with Crippen LogP contribution in [0.2, 0.25) is 0 Å². The average Bonchev–Trinajstić information content (AvgIpc) is 2.61. The van der Waals surface area contributed by atoms with Crippen LogP contribution in [0, 0.1) is 0 Å². The van der Waals surface area contributed by atoms with Gasteiger partial charge in [-0.3, -0.25) is 4.79 Å². The zero-order chi connectivity index (χ0) is 19.3. The van der Waals surface area contributed by atoms with Crippen molar-refractivity contribution in [3.05, 3.63) is 0 Å². The number of rotatable bonds is 20. The minimum absolute atomic E-state index is 0.135. The van der Waals surface area contributed by atoms with Crippen molar-refractivity contribution < 1.29 is 15.0 Å². The van der Waals surface area contributed by atoms with Crippen LogP contribution in [-0.2, 0) is 4.79 Å². The van der Waals surface area contributed by atoms with E-state index in [2.05, 4.69) is 17.6 Å². The molecule has 4 N–H and O–H groups in total. The fraction of sp³-hybridized carbons (Fsp3) is 0.952. The van der Waals surface area contributed by atoms with Crippen molar-refractivity contribution in [3.8, 4) is 0 Å². The van der Waals surface area contributed by atoms with E-state index in [4.69, 9.17) is 10.2 Å². The minimum Gasteiger partial charge on any atom is -0.367 e. The largest absolute Gasteiger partial charge is 0.367 e. The summed E-state index contributed by atoms with van der Waals surface area (Å²) in [6.45, 7) is 3.76. The Labute approximate surface area is 161 Å². The molecule has 0 aromatic heterocycles. The van der Waals surface area contributed by atoms with Gasteiger partial charge in [0, 0.05) is 19.5 Å². The minimum atomic E-state index is -1.31. The molecule has 0 bridgehead atoms. The Morgan fingerprint density at radius 3 is 1.73 bits per heavy atom. The smallest absolute Gasteiger partial charge is 0.219 e. The lowest BCUT2D eigenvalue weighted by Gasteiger charge is -2.07. The van der Waals surface area contributed by atoms with Crippen molar-refractivity contribution in [2.75, 3.05) is 19.6 Å². The van der Waals surface area contributed by atoms with E-state index in [1.165, 1.54) is 70.6 Å². The third kappa shape index (κ3) is 21.4. The summed E-state index contributed by atoms with van der Waals surface area (Å²) >= 11 is 0. The van der Waals surface area contributed by atoms with Crippen molar-refractivity contribution >= 4 is 5.91 Å². The number of aliphatic hydroxyl groups excluding tert-OH is 1. The van der Waals surface area contributed by atoms with Gasteiger partial charge in [-0.1, -0.05) is 84.0 Å². The first-order valence-electron chi connectivity index (χ1n) is 11.0. The van der Waals surface area contributed by atoms with Crippen LogP contribution in [0.15, 0.2) is 0 Å². The monoisotopic (exact) mass is 372 g/mol. The maximum Gasteiger partial charge on any atom is 0.219 e. The molecule has 156 valence electrons. The summed E-state index contributed by atoms with van der Waals surface area (Å²) in [5.41, 5.74) is 0. The van der Waals surface area contributed by atoms with Gasteiger partial charge >= 0.3 is 0 Å². The van der Waals surface area contributed by atoms with Crippen LogP contribution in [0.25, 0.3) is 0 Å². The van der Waals surface area contributed by atoms with E-state index in [9.17, 15) is 4.79 Å². The molecular weight excluding hydrogens is 328 g/mol. The molecule has 0 saturated carbocycles. The highest BCUT2D eigenvalue weighted by molar-refractivity contribution is 5.75. The normalized spacial score (nSPS) is 11.2. The van der Waals surface area contributed by atoms with Gasteiger partial charge in [0.25, 0.3) is 0 Å². The number of hydrogen-bond donors (Lipinski definition) is 4. The van der Waals surface area contributed by atoms with Gasteiger partial charge in [-0.25, -0.2) is 0 Å². The Balaban J connectivity index is 3.14. The lowest BCUT2D eigenvalue weighted by Crippen LogP contribution is -2.30. The number of nitrogens with one attached hydrogen (secondary N) is 2. The van der Waals surface area contributed by atoms with Crippen LogP contribution >= 0.6 is 0 Å². The van der Waals surface area contributed by atoms with E-state index in [1.807, 2.05) is 0 Å². The number of carbonyl (C=O) groups is 1. The summed E-state index contributed by atoms with van der Waals surface area (Å²) in [6.07, 6.45) is 17.3. The molecule has 0 aromatic rings. The molecule has 0 fully saturated rings. The molecule has 26 heavy (non-hydrogen) atoms. The molecule has 5 heteroatoms. The SMILES string of the molecule is CCCCCCCCCCCCCCCC(=O)NCCCNCC(O)O. The van der Waals surface area contributed by atoms with Gasteiger partial charge in [-0.2, -0.15) is 0 Å². The topological polar surface area (TPSA) is 81.6 Å². The Kier molecular flexibility index (Phi) is 20.1. The predicted molar refractivity (Wildman–Crippen MR) is 109 cm³/mol. The quantitative estimate of drug-likeness (QED) is 0.193. The molecule has 0 aromatic carbocycles. The molecule has 5 nitrogen and oxygen atoms in total. The number of unbranched alkanes of at least 4 members (excludes halogenated alkanes) is 12. The molecule has 0 unspecified atom stereocenters. The summed E-state index contributed by atoms with van der Waals surface area (Å²) in [7, 11) is 0. The van der Waals surface area contributed by atoms with Crippen LogP contribution in [0.5, 0.6) is 0 Å². The number of amides is 1. The van der Waals surface area contributed by atoms with Crippen molar-refractivity contribution in [1.29, 1.82) is 0 Å². The summed E-state index contributed by atoms with van der Waals surface area (Å²) in [4.78, 5) is 11.7. The van der Waals surface area contributed by atoms with Crippen LogP contribution in [0.1, 0.15) is 103 Å². The van der Waals surface area contributed by atoms with Gasteiger partial charge in [0.05, 0.1) is 0 Å². The van der Waals surface area contributed by atoms with Crippen LogP contribution in [0.4, 0.5) is 0 Å². The molecule has 0 aliphatic carbocycles. The van der Waals surface area contributed by atoms with Crippen molar-refractivity contribution in [2.45, 2.75) is 110 Å². The number of hydrogen-bond acceptors (Lipinski definition) is 4. The Bertz CT molecular complexity index is 299. The molecule has 0 saturated heterocycles. The van der Waals surface area contributed by atoms with Gasteiger partial charge in [0.1, 0.15) is 0 Å². The zero-order valence-corrected chi connectivity index (χ0v) is 17.1. The van der Waals surface area contributed by atoms with Gasteiger partial charge < -0.3 is 20.8 Å². The second-order valence-corrected chi connectivity index (χ2v) is 7.38. The molecule has 0 atom stereocenters. The fourth-order valence-corrected chi connectivity index (χ4v) is 3.06. The summed E-state index contributed by atoms with van der Waals surface area (Å²) in [5.74, 6) is 0.135. The third-order valence-corrected chi connectivity index (χ3v) is 4.69. The third-order valence-electron chi connectivity index (χ3n) is 4.69. The lowest BCUT2D eigenvalue weighted by molar-refractivity contribution is -0.121. The fourth-order valence-electron chi connectivity index (χ4n) is 3.06. The number of carbonyl (C=O) groups excluding carboxylic acids is 1. The van der Waals surface area contributed by atoms with Crippen molar-refractivity contribution in [1.82, 2.24) is 10.6 Å². The van der Waals surface area contributed by atoms with Gasteiger partial charge in [0.2, 0.25) is 5.91 Å². The second-order valence-electron chi connectivity index (χ2n) is 7.38. The lowest BCUT2D eigenvalue weighted by atomic mass is 10.0. The summed E-state index contributed by atoms with van der Waals surface area (Å²) in [5, 5.41) is 23.2. The Morgan fingerprint density at radius 1 is 0.731 bits per heavy atom. The highest BCUT2D eigenvalue weighted by atomic mass is 16.5. The van der Waals surface area contributed by atoms with E-state index >= 15 is 0 Å². The molecule has 1 amide bonds. The first-order valence-corrected chi connectivity index (χ1v) is 11.0. The molecule has 0 aliphatic heterocycles. The molecule has 0 radical (unpaired) electrons. The molecule has 0 aliphatic rings. The molecular formula is C21H44N2O3. The van der Waals surface area contributed by atoms with Gasteiger partial charge in [-0.05, 0) is 19.4 Å². The predicted octanol–water partition coefficient (Wildman–Crippen LogP) is 3.87. The highest BCUT2D eigenvalue weighted by Crippen LogP contribution is 2.12. The Morgan fingerprint density at radius 2 is 1.23 bits per heavy atom. The maximum atomic E-state index is 11.7. The van der Waals surface area contributed by atoms with Gasteiger partial charge in [-0.15, -0.1) is 0 Å². The Hall–Kier alpha value is -0.650. The van der Waals surface area contributed by atoms with Crippen LogP contribution in [-0.4, -0.2) is 42.0 Å². The van der Waals surface area contributed by atoms with E-state index in [-0.39, 0.29) is 12.5 Å². The molecule has 0 spiro atoms. The van der Waals surface area contributed by atoms with Gasteiger partial charge in [0.15, 0.2) is 6.29 Å². The zero-order valence-electron chi connectivity index (χ0n) is 17.1. The average molecular weight is 373 g/mol. The highest BCUT2D eigenvalue weighted by Gasteiger charge is 2.01. The maximum absolute atomic E-state index is 11.7. The van der Waals surface area contributed by atoms with Crippen molar-refractivity contribution in [2.24, 2.45) is 0 Å². The van der Waals surface area contributed by atoms with Crippen LogP contribution in [0.3, 0.4) is 0 Å². The second kappa shape index (κ2) is 20.7. The van der Waals surface area contributed by atoms with Crippen molar-refractivity contribution in [3.63, 3.8) is 0 Å². The molecule has 0 heterocycles. The van der Waals surface area contributed by atoms with E-state index < -0.39 is 6.29 Å². The van der Waals surface area contributed by atoms with E-state index in [0.717, 1.165) is 19.3 Å². The summed E-state index contributed by atoms with van der Waals surface area (Å²) in [6, 6.07) is 0. The molecule has 0 rings (SSSR count). The summed E-state index contributed by atoms with van der Waals surface area (Å²) < 4.78 is 0. The number of aliphatic hydroxyl groups is 2. The standard InChI is InChI=1S/C21H44N2O3/c1-2-3-4-5-6-7-8-9-10-11-12-13-14-16-20(24)23-18-15-17-22-19-21(25)26/h21-22,25-26H,2-19H2,1H3,(H,23,24).